The van der Waals surface area contributed by atoms with Crippen molar-refractivity contribution >= 4 is 23.4 Å². The number of fused-ring (bicyclic) bond motifs is 1. The smallest absolute Gasteiger partial charge is 0.258 e. The molecule has 0 bridgehead atoms. The summed E-state index contributed by atoms with van der Waals surface area (Å²) in [5, 5.41) is 4.07. The number of pyridine rings is 2. The fraction of sp³-hybridized carbons (Fsp3) is 0.308. The molecule has 1 aliphatic rings. The average Bonchev–Trinajstić information content (AvgIpc) is 2.81. The van der Waals surface area contributed by atoms with Crippen LogP contribution in [-0.2, 0) is 19.6 Å². The number of hydrogen-bond acceptors (Lipinski definition) is 5. The van der Waals surface area contributed by atoms with E-state index in [2.05, 4.69) is 53.6 Å². The molecular weight excluding hydrogens is 436 g/mol. The molecule has 0 spiro atoms. The number of benzene rings is 1. The highest BCUT2D eigenvalue weighted by molar-refractivity contribution is 6.30. The van der Waals surface area contributed by atoms with Crippen molar-refractivity contribution in [3.8, 4) is 5.75 Å². The molecule has 2 heterocycles. The van der Waals surface area contributed by atoms with Crippen molar-refractivity contribution in [3.63, 3.8) is 0 Å². The highest BCUT2D eigenvalue weighted by Crippen LogP contribution is 2.27. The maximum atomic E-state index is 12.8. The lowest BCUT2D eigenvalue weighted by Crippen LogP contribution is -2.26. The number of ether oxygens (including phenoxy) is 1. The normalized spacial score (nSPS) is 13.0. The number of aryl methyl sites for hydroxylation is 1. The number of likely N-dealkylation sites (N-methyl/N-ethyl adjacent to an activating group) is 1. The fourth-order valence-electron chi connectivity index (χ4n) is 3.80. The first-order valence-electron chi connectivity index (χ1n) is 11.1. The molecular formula is C26H29ClN4O2. The highest BCUT2D eigenvalue weighted by Gasteiger charge is 2.14. The Balaban J connectivity index is 1.41. The molecule has 2 aromatic heterocycles. The summed E-state index contributed by atoms with van der Waals surface area (Å²) in [5.74, 6) is 0.524. The van der Waals surface area contributed by atoms with Gasteiger partial charge in [-0.3, -0.25) is 14.3 Å². The van der Waals surface area contributed by atoms with Gasteiger partial charge in [0.1, 0.15) is 12.4 Å². The fourth-order valence-corrected chi connectivity index (χ4v) is 3.91. The van der Waals surface area contributed by atoms with Crippen LogP contribution in [-0.4, -0.2) is 41.6 Å². The Hall–Kier alpha value is -2.93. The van der Waals surface area contributed by atoms with Crippen LogP contribution in [0.5, 0.6) is 5.75 Å². The molecule has 33 heavy (non-hydrogen) atoms. The summed E-state index contributed by atoms with van der Waals surface area (Å²) >= 11 is 5.86. The Morgan fingerprint density at radius 2 is 2.03 bits per heavy atom. The molecule has 0 saturated heterocycles. The Kier molecular flexibility index (Phi) is 7.60. The first kappa shape index (κ1) is 23.2. The third kappa shape index (κ3) is 6.32. The van der Waals surface area contributed by atoms with Crippen molar-refractivity contribution in [1.29, 1.82) is 0 Å². The van der Waals surface area contributed by atoms with Crippen LogP contribution in [0.2, 0.25) is 5.02 Å². The molecule has 1 aromatic carbocycles. The van der Waals surface area contributed by atoms with Crippen molar-refractivity contribution in [1.82, 2.24) is 19.8 Å². The lowest BCUT2D eigenvalue weighted by Gasteiger charge is -2.19. The number of allylic oxidation sites excluding steroid dienone is 1. The number of rotatable bonds is 9. The van der Waals surface area contributed by atoms with Gasteiger partial charge in [0.15, 0.2) is 0 Å². The zero-order chi connectivity index (χ0) is 23.2. The first-order chi connectivity index (χ1) is 16.0. The Morgan fingerprint density at radius 1 is 1.15 bits per heavy atom. The number of nitrogens with zero attached hydrogens (tertiary/aromatic N) is 3. The summed E-state index contributed by atoms with van der Waals surface area (Å²) < 4.78 is 7.43. The van der Waals surface area contributed by atoms with Crippen LogP contribution in [0.1, 0.15) is 28.8 Å². The van der Waals surface area contributed by atoms with Crippen LogP contribution in [0, 0.1) is 0 Å². The van der Waals surface area contributed by atoms with Crippen molar-refractivity contribution in [2.24, 2.45) is 0 Å². The molecule has 1 aliphatic carbocycles. The van der Waals surface area contributed by atoms with Gasteiger partial charge in [-0.2, -0.15) is 0 Å². The minimum absolute atomic E-state index is 0.104. The SMILES string of the molecule is CN(C)CCNCc1ccc2c(c1)CCC(n1ccc(OCc3ccc(Cl)cn3)cc1=O)=C2. The molecule has 172 valence electrons. The summed E-state index contributed by atoms with van der Waals surface area (Å²) in [6.07, 6.45) is 7.21. The van der Waals surface area contributed by atoms with E-state index in [1.54, 1.807) is 29.1 Å². The minimum atomic E-state index is -0.104. The van der Waals surface area contributed by atoms with E-state index >= 15 is 0 Å². The van der Waals surface area contributed by atoms with Gasteiger partial charge in [-0.1, -0.05) is 29.8 Å². The van der Waals surface area contributed by atoms with Gasteiger partial charge >= 0.3 is 0 Å². The van der Waals surface area contributed by atoms with E-state index in [0.29, 0.717) is 10.8 Å². The summed E-state index contributed by atoms with van der Waals surface area (Å²) in [7, 11) is 4.16. The van der Waals surface area contributed by atoms with Gasteiger partial charge < -0.3 is 15.0 Å². The van der Waals surface area contributed by atoms with Crippen LogP contribution in [0.15, 0.2) is 59.7 Å². The van der Waals surface area contributed by atoms with Crippen LogP contribution in [0.25, 0.3) is 11.8 Å². The topological polar surface area (TPSA) is 59.4 Å². The van der Waals surface area contributed by atoms with Gasteiger partial charge in [-0.15, -0.1) is 0 Å². The van der Waals surface area contributed by atoms with Gasteiger partial charge in [0.05, 0.1) is 10.7 Å². The van der Waals surface area contributed by atoms with Gasteiger partial charge in [0, 0.05) is 43.8 Å². The molecule has 0 unspecified atom stereocenters. The molecule has 1 N–H and O–H groups in total. The van der Waals surface area contributed by atoms with Crippen molar-refractivity contribution in [2.45, 2.75) is 26.0 Å². The first-order valence-corrected chi connectivity index (χ1v) is 11.5. The van der Waals surface area contributed by atoms with Gasteiger partial charge in [-0.25, -0.2) is 0 Å². The summed E-state index contributed by atoms with van der Waals surface area (Å²) in [6, 6.07) is 13.5. The third-order valence-corrected chi connectivity index (χ3v) is 5.84. The maximum Gasteiger partial charge on any atom is 0.258 e. The molecule has 0 saturated carbocycles. The second-order valence-corrected chi connectivity index (χ2v) is 8.91. The molecule has 0 atom stereocenters. The van der Waals surface area contributed by atoms with Gasteiger partial charge in [0.2, 0.25) is 0 Å². The molecule has 7 heteroatoms. The minimum Gasteiger partial charge on any atom is -0.487 e. The van der Waals surface area contributed by atoms with Crippen molar-refractivity contribution in [2.75, 3.05) is 27.2 Å². The quantitative estimate of drug-likeness (QED) is 0.484. The lowest BCUT2D eigenvalue weighted by molar-refractivity contribution is 0.300. The molecule has 0 radical (unpaired) electrons. The maximum absolute atomic E-state index is 12.8. The average molecular weight is 465 g/mol. The van der Waals surface area contributed by atoms with E-state index in [1.807, 2.05) is 6.07 Å². The van der Waals surface area contributed by atoms with E-state index in [4.69, 9.17) is 16.3 Å². The molecule has 3 aromatic rings. The Labute approximate surface area is 199 Å². The standard InChI is InChI=1S/C26H29ClN4O2/c1-30(2)12-10-28-16-19-3-4-21-14-24(8-5-20(21)13-19)31-11-9-25(15-26(31)32)33-18-23-7-6-22(27)17-29-23/h3-4,6-7,9,11,13-15,17,28H,5,8,10,12,16,18H2,1-2H3. The predicted molar refractivity (Wildman–Crippen MR) is 133 cm³/mol. The third-order valence-electron chi connectivity index (χ3n) is 5.62. The lowest BCUT2D eigenvalue weighted by atomic mass is 9.93. The molecule has 0 amide bonds. The molecule has 0 fully saturated rings. The zero-order valence-electron chi connectivity index (χ0n) is 19.1. The number of nitrogens with one attached hydrogen (secondary N) is 1. The summed E-state index contributed by atoms with van der Waals surface area (Å²) in [5.41, 5.74) is 5.44. The number of aromatic nitrogens is 2. The largest absolute Gasteiger partial charge is 0.487 e. The zero-order valence-corrected chi connectivity index (χ0v) is 19.8. The van der Waals surface area contributed by atoms with E-state index in [-0.39, 0.29) is 12.2 Å². The molecule has 4 rings (SSSR count). The van der Waals surface area contributed by atoms with Crippen molar-refractivity contribution in [3.05, 3.63) is 92.6 Å². The second kappa shape index (κ2) is 10.8. The Bertz CT molecular complexity index is 1190. The summed E-state index contributed by atoms with van der Waals surface area (Å²) in [4.78, 5) is 19.1. The monoisotopic (exact) mass is 464 g/mol. The van der Waals surface area contributed by atoms with E-state index in [1.165, 1.54) is 22.8 Å². The number of hydrogen-bond donors (Lipinski definition) is 1. The van der Waals surface area contributed by atoms with E-state index in [9.17, 15) is 4.79 Å². The van der Waals surface area contributed by atoms with Crippen LogP contribution >= 0.6 is 11.6 Å². The second-order valence-electron chi connectivity index (χ2n) is 8.48. The highest BCUT2D eigenvalue weighted by atomic mass is 35.5. The van der Waals surface area contributed by atoms with E-state index < -0.39 is 0 Å². The van der Waals surface area contributed by atoms with Gasteiger partial charge in [-0.05, 0) is 67.9 Å². The van der Waals surface area contributed by atoms with Crippen LogP contribution in [0.4, 0.5) is 0 Å². The predicted octanol–water partition coefficient (Wildman–Crippen LogP) is 4.07. The van der Waals surface area contributed by atoms with Crippen LogP contribution < -0.4 is 15.6 Å². The number of halogens is 1. The molecule has 6 nitrogen and oxygen atoms in total. The summed E-state index contributed by atoms with van der Waals surface area (Å²) in [6.45, 7) is 3.13. The van der Waals surface area contributed by atoms with E-state index in [0.717, 1.165) is 43.9 Å². The van der Waals surface area contributed by atoms with Crippen molar-refractivity contribution < 1.29 is 4.74 Å². The van der Waals surface area contributed by atoms with Crippen LogP contribution in [0.3, 0.4) is 0 Å². The molecule has 0 aliphatic heterocycles. The Morgan fingerprint density at radius 3 is 2.79 bits per heavy atom. The van der Waals surface area contributed by atoms with Gasteiger partial charge in [0.25, 0.3) is 5.56 Å².